The van der Waals surface area contributed by atoms with Gasteiger partial charge in [-0.1, -0.05) is 12.1 Å². The summed E-state index contributed by atoms with van der Waals surface area (Å²) in [5, 5.41) is 4.08. The van der Waals surface area contributed by atoms with Crippen LogP contribution in [0.25, 0.3) is 0 Å². The van der Waals surface area contributed by atoms with Crippen molar-refractivity contribution in [2.45, 2.75) is 19.1 Å². The second-order valence-corrected chi connectivity index (χ2v) is 5.18. The number of carbonyl (C=O) groups is 1. The molecule has 2 aromatic rings. The summed E-state index contributed by atoms with van der Waals surface area (Å²) >= 11 is 1.65. The molecule has 0 aliphatic heterocycles. The fourth-order valence-electron chi connectivity index (χ4n) is 1.75. The van der Waals surface area contributed by atoms with E-state index in [9.17, 15) is 4.79 Å². The molecule has 0 radical (unpaired) electrons. The van der Waals surface area contributed by atoms with Crippen molar-refractivity contribution in [3.05, 3.63) is 52.2 Å². The van der Waals surface area contributed by atoms with Gasteiger partial charge in [0.25, 0.3) is 0 Å². The van der Waals surface area contributed by atoms with Gasteiger partial charge in [-0.25, -0.2) is 0 Å². The lowest BCUT2D eigenvalue weighted by Gasteiger charge is -2.10. The van der Waals surface area contributed by atoms with Gasteiger partial charge < -0.3 is 15.2 Å². The van der Waals surface area contributed by atoms with Gasteiger partial charge in [-0.15, -0.1) is 0 Å². The lowest BCUT2D eigenvalue weighted by Crippen LogP contribution is -2.33. The first-order valence-electron chi connectivity index (χ1n) is 6.25. The number of thiophene rings is 1. The maximum absolute atomic E-state index is 11.2. The average Bonchev–Trinajstić information content (AvgIpc) is 2.99. The van der Waals surface area contributed by atoms with Crippen LogP contribution >= 0.6 is 11.3 Å². The minimum Gasteiger partial charge on any atom is -0.489 e. The molecule has 0 aliphatic carbocycles. The van der Waals surface area contributed by atoms with E-state index in [0.717, 1.165) is 16.9 Å². The van der Waals surface area contributed by atoms with Gasteiger partial charge >= 0.3 is 5.97 Å². The molecule has 0 saturated carbocycles. The van der Waals surface area contributed by atoms with Crippen LogP contribution in [0.15, 0.2) is 41.1 Å². The Morgan fingerprint density at radius 2 is 2.00 bits per heavy atom. The maximum atomic E-state index is 11.2. The molecular formula is C15H17NO3S. The normalized spacial score (nSPS) is 11.9. The molecule has 1 aromatic heterocycles. The Bertz CT molecular complexity index is 537. The van der Waals surface area contributed by atoms with Crippen LogP contribution in [0.5, 0.6) is 5.75 Å². The molecule has 20 heavy (non-hydrogen) atoms. The highest BCUT2D eigenvalue weighted by Crippen LogP contribution is 2.16. The van der Waals surface area contributed by atoms with Gasteiger partial charge in [-0.05, 0) is 46.5 Å². The number of ether oxygens (including phenoxy) is 2. The highest BCUT2D eigenvalue weighted by molar-refractivity contribution is 7.07. The van der Waals surface area contributed by atoms with E-state index in [4.69, 9.17) is 10.5 Å². The number of methoxy groups -OCH3 is 1. The second kappa shape index (κ2) is 7.07. The molecule has 2 rings (SSSR count). The van der Waals surface area contributed by atoms with Crippen molar-refractivity contribution >= 4 is 17.3 Å². The van der Waals surface area contributed by atoms with Gasteiger partial charge in [-0.3, -0.25) is 4.79 Å². The molecule has 0 bridgehead atoms. The van der Waals surface area contributed by atoms with Crippen LogP contribution in [0.1, 0.15) is 11.1 Å². The predicted molar refractivity (Wildman–Crippen MR) is 78.8 cm³/mol. The SMILES string of the molecule is COC(=O)C(N)Cc1ccc(OCc2ccsc2)cc1. The third kappa shape index (κ3) is 4.08. The number of benzene rings is 1. The molecule has 0 spiro atoms. The number of hydrogen-bond donors (Lipinski definition) is 1. The molecule has 2 N–H and O–H groups in total. The van der Waals surface area contributed by atoms with E-state index < -0.39 is 12.0 Å². The Balaban J connectivity index is 1.87. The van der Waals surface area contributed by atoms with Gasteiger partial charge in [0.2, 0.25) is 0 Å². The quantitative estimate of drug-likeness (QED) is 0.830. The Morgan fingerprint density at radius 1 is 1.25 bits per heavy atom. The molecule has 1 aromatic carbocycles. The van der Waals surface area contributed by atoms with Crippen molar-refractivity contribution in [3.8, 4) is 5.75 Å². The third-order valence-corrected chi connectivity index (χ3v) is 3.60. The summed E-state index contributed by atoms with van der Waals surface area (Å²) < 4.78 is 10.3. The summed E-state index contributed by atoms with van der Waals surface area (Å²) in [5.74, 6) is 0.398. The van der Waals surface area contributed by atoms with E-state index in [0.29, 0.717) is 13.0 Å². The van der Waals surface area contributed by atoms with E-state index in [1.165, 1.54) is 7.11 Å². The summed E-state index contributed by atoms with van der Waals surface area (Å²) in [6, 6.07) is 8.99. The first kappa shape index (κ1) is 14.6. The molecule has 106 valence electrons. The van der Waals surface area contributed by atoms with Gasteiger partial charge in [0, 0.05) is 0 Å². The fraction of sp³-hybridized carbons (Fsp3) is 0.267. The molecule has 0 saturated heterocycles. The highest BCUT2D eigenvalue weighted by Gasteiger charge is 2.13. The van der Waals surface area contributed by atoms with Gasteiger partial charge in [-0.2, -0.15) is 11.3 Å². The summed E-state index contributed by atoms with van der Waals surface area (Å²) in [6.07, 6.45) is 0.456. The van der Waals surface area contributed by atoms with Crippen LogP contribution in [0.4, 0.5) is 0 Å². The summed E-state index contributed by atoms with van der Waals surface area (Å²) in [4.78, 5) is 11.2. The second-order valence-electron chi connectivity index (χ2n) is 4.40. The number of rotatable bonds is 6. The third-order valence-electron chi connectivity index (χ3n) is 2.87. The molecule has 0 aliphatic rings. The molecular weight excluding hydrogens is 274 g/mol. The Labute approximate surface area is 122 Å². The number of carbonyl (C=O) groups excluding carboxylic acids is 1. The monoisotopic (exact) mass is 291 g/mol. The predicted octanol–water partition coefficient (Wildman–Crippen LogP) is 2.37. The van der Waals surface area contributed by atoms with Crippen LogP contribution in [-0.4, -0.2) is 19.1 Å². The smallest absolute Gasteiger partial charge is 0.322 e. The fourth-order valence-corrected chi connectivity index (χ4v) is 2.41. The van der Waals surface area contributed by atoms with Gasteiger partial charge in [0.05, 0.1) is 7.11 Å². The minimum absolute atomic E-state index is 0.400. The zero-order valence-electron chi connectivity index (χ0n) is 11.2. The Morgan fingerprint density at radius 3 is 2.60 bits per heavy atom. The van der Waals surface area contributed by atoms with Gasteiger partial charge in [0.1, 0.15) is 18.4 Å². The number of esters is 1. The first-order chi connectivity index (χ1) is 9.69. The summed E-state index contributed by atoms with van der Waals surface area (Å²) in [5.41, 5.74) is 7.85. The standard InChI is InChI=1S/C15H17NO3S/c1-18-15(17)14(16)8-11-2-4-13(5-3-11)19-9-12-6-7-20-10-12/h2-7,10,14H,8-9,16H2,1H3. The van der Waals surface area contributed by atoms with Crippen LogP contribution in [0.2, 0.25) is 0 Å². The lowest BCUT2D eigenvalue weighted by atomic mass is 10.1. The van der Waals surface area contributed by atoms with E-state index in [-0.39, 0.29) is 0 Å². The van der Waals surface area contributed by atoms with Crippen molar-refractivity contribution in [2.24, 2.45) is 5.73 Å². The average molecular weight is 291 g/mol. The van der Waals surface area contributed by atoms with E-state index in [1.54, 1.807) is 11.3 Å². The van der Waals surface area contributed by atoms with E-state index in [2.05, 4.69) is 10.1 Å². The Kier molecular flexibility index (Phi) is 5.15. The van der Waals surface area contributed by atoms with Crippen molar-refractivity contribution < 1.29 is 14.3 Å². The zero-order valence-corrected chi connectivity index (χ0v) is 12.1. The zero-order chi connectivity index (χ0) is 14.4. The van der Waals surface area contributed by atoms with Gasteiger partial charge in [0.15, 0.2) is 0 Å². The molecule has 4 nitrogen and oxygen atoms in total. The molecule has 1 unspecified atom stereocenters. The van der Waals surface area contributed by atoms with Crippen LogP contribution < -0.4 is 10.5 Å². The highest BCUT2D eigenvalue weighted by atomic mass is 32.1. The van der Waals surface area contributed by atoms with Crippen molar-refractivity contribution in [1.82, 2.24) is 0 Å². The largest absolute Gasteiger partial charge is 0.489 e. The molecule has 0 fully saturated rings. The van der Waals surface area contributed by atoms with Crippen molar-refractivity contribution in [1.29, 1.82) is 0 Å². The van der Waals surface area contributed by atoms with E-state index >= 15 is 0 Å². The maximum Gasteiger partial charge on any atom is 0.322 e. The topological polar surface area (TPSA) is 61.5 Å². The van der Waals surface area contributed by atoms with Crippen LogP contribution in [0.3, 0.4) is 0 Å². The molecule has 1 atom stereocenters. The first-order valence-corrected chi connectivity index (χ1v) is 7.19. The molecule has 5 heteroatoms. The van der Waals surface area contributed by atoms with E-state index in [1.807, 2.05) is 35.7 Å². The summed E-state index contributed by atoms with van der Waals surface area (Å²) in [7, 11) is 1.34. The van der Waals surface area contributed by atoms with Crippen LogP contribution in [0, 0.1) is 0 Å². The van der Waals surface area contributed by atoms with Crippen LogP contribution in [-0.2, 0) is 22.6 Å². The minimum atomic E-state index is -0.627. The lowest BCUT2D eigenvalue weighted by molar-refractivity contribution is -0.142. The summed E-state index contributed by atoms with van der Waals surface area (Å²) in [6.45, 7) is 0.560. The van der Waals surface area contributed by atoms with Crippen molar-refractivity contribution in [2.75, 3.05) is 7.11 Å². The number of nitrogens with two attached hydrogens (primary N) is 1. The molecule has 1 heterocycles. The Hall–Kier alpha value is -1.85. The van der Waals surface area contributed by atoms with Crippen molar-refractivity contribution in [3.63, 3.8) is 0 Å². The molecule has 0 amide bonds. The number of hydrogen-bond acceptors (Lipinski definition) is 5.